The second-order valence-electron chi connectivity index (χ2n) is 2.78. The van der Waals surface area contributed by atoms with Crippen molar-refractivity contribution in [3.05, 3.63) is 21.9 Å². The molecule has 1 amide bonds. The molecule has 5 nitrogen and oxygen atoms in total. The first-order chi connectivity index (χ1) is 7.27. The van der Waals surface area contributed by atoms with Gasteiger partial charge in [0.2, 0.25) is 0 Å². The van der Waals surface area contributed by atoms with E-state index in [1.807, 2.05) is 6.07 Å². The number of nitrogens with one attached hydrogen (secondary N) is 1. The molecule has 0 atom stereocenters. The van der Waals surface area contributed by atoms with E-state index < -0.39 is 0 Å². The number of nitrogens with two attached hydrogens (primary N) is 1. The van der Waals surface area contributed by atoms with Crippen LogP contribution >= 0.6 is 11.3 Å². The number of thiophene rings is 1. The Labute approximate surface area is 92.1 Å². The third-order valence-corrected chi connectivity index (χ3v) is 2.75. The lowest BCUT2D eigenvalue weighted by molar-refractivity contribution is 0.0628. The molecule has 0 aliphatic rings. The molecule has 0 radical (unpaired) electrons. The van der Waals surface area contributed by atoms with Crippen LogP contribution in [0.4, 0.5) is 0 Å². The first kappa shape index (κ1) is 12.1. The lowest BCUT2D eigenvalue weighted by Gasteiger charge is -2.00. The van der Waals surface area contributed by atoms with E-state index in [9.17, 15) is 4.79 Å². The van der Waals surface area contributed by atoms with Gasteiger partial charge >= 0.3 is 0 Å². The number of rotatable bonds is 6. The highest BCUT2D eigenvalue weighted by Crippen LogP contribution is 2.16. The molecular formula is C9H14N2O3S. The monoisotopic (exact) mass is 230 g/mol. The normalized spacial score (nSPS) is 10.3. The highest BCUT2D eigenvalue weighted by molar-refractivity contribution is 7.14. The fraction of sp³-hybridized carbons (Fsp3) is 0.444. The molecule has 1 aromatic heterocycles. The van der Waals surface area contributed by atoms with E-state index in [1.165, 1.54) is 11.3 Å². The van der Waals surface area contributed by atoms with E-state index in [2.05, 4.69) is 5.43 Å². The number of carbonyl (C=O) groups excluding carboxylic acids is 1. The van der Waals surface area contributed by atoms with Gasteiger partial charge in [-0.2, -0.15) is 0 Å². The van der Waals surface area contributed by atoms with Crippen LogP contribution in [0, 0.1) is 0 Å². The fourth-order valence-corrected chi connectivity index (χ4v) is 1.81. The minimum absolute atomic E-state index is 0.275. The van der Waals surface area contributed by atoms with Crippen LogP contribution in [0.25, 0.3) is 0 Å². The summed E-state index contributed by atoms with van der Waals surface area (Å²) in [6.45, 7) is 1.61. The second kappa shape index (κ2) is 6.52. The Hall–Kier alpha value is -0.950. The number of hydrazine groups is 1. The maximum atomic E-state index is 11.1. The Bertz CT molecular complexity index is 314. The summed E-state index contributed by atoms with van der Waals surface area (Å²) in [6, 6.07) is 3.57. The first-order valence-electron chi connectivity index (χ1n) is 4.44. The summed E-state index contributed by atoms with van der Waals surface area (Å²) in [5.41, 5.74) is 2.08. The molecule has 84 valence electrons. The molecule has 0 aliphatic heterocycles. The van der Waals surface area contributed by atoms with Crippen LogP contribution in [0.2, 0.25) is 0 Å². The molecule has 3 N–H and O–H groups in total. The number of methoxy groups -OCH3 is 1. The van der Waals surface area contributed by atoms with Crippen molar-refractivity contribution in [3.63, 3.8) is 0 Å². The third kappa shape index (κ3) is 3.96. The second-order valence-corrected chi connectivity index (χ2v) is 3.95. The smallest absolute Gasteiger partial charge is 0.275 e. The number of carbonyl (C=O) groups is 1. The molecule has 0 saturated heterocycles. The van der Waals surface area contributed by atoms with E-state index in [0.29, 0.717) is 24.7 Å². The minimum Gasteiger partial charge on any atom is -0.382 e. The summed E-state index contributed by atoms with van der Waals surface area (Å²) < 4.78 is 10.1. The van der Waals surface area contributed by atoms with E-state index in [1.54, 1.807) is 13.2 Å². The van der Waals surface area contributed by atoms with Crippen molar-refractivity contribution in [1.29, 1.82) is 0 Å². The molecule has 0 fully saturated rings. The Morgan fingerprint density at radius 1 is 1.53 bits per heavy atom. The van der Waals surface area contributed by atoms with Crippen LogP contribution in [0.1, 0.15) is 14.5 Å². The summed E-state index contributed by atoms with van der Waals surface area (Å²) in [6.07, 6.45) is 0. The zero-order valence-corrected chi connectivity index (χ0v) is 9.30. The van der Waals surface area contributed by atoms with Crippen molar-refractivity contribution in [3.8, 4) is 0 Å². The average molecular weight is 230 g/mol. The Balaban J connectivity index is 2.36. The van der Waals surface area contributed by atoms with Gasteiger partial charge < -0.3 is 9.47 Å². The van der Waals surface area contributed by atoms with E-state index in [-0.39, 0.29) is 5.91 Å². The van der Waals surface area contributed by atoms with Crippen molar-refractivity contribution in [2.75, 3.05) is 20.3 Å². The SMILES string of the molecule is COCCOCc1ccc(C(=O)NN)s1. The third-order valence-electron chi connectivity index (χ3n) is 1.69. The number of hydrogen-bond donors (Lipinski definition) is 2. The molecule has 1 heterocycles. The molecule has 0 aliphatic carbocycles. The molecule has 1 aromatic rings. The molecule has 0 aromatic carbocycles. The summed E-state index contributed by atoms with van der Waals surface area (Å²) in [5, 5.41) is 0. The summed E-state index contributed by atoms with van der Waals surface area (Å²) >= 11 is 1.37. The fourth-order valence-electron chi connectivity index (χ4n) is 0.964. The Kier molecular flexibility index (Phi) is 5.27. The molecule has 0 spiro atoms. The van der Waals surface area contributed by atoms with Crippen molar-refractivity contribution >= 4 is 17.2 Å². The maximum Gasteiger partial charge on any atom is 0.275 e. The van der Waals surface area contributed by atoms with Gasteiger partial charge in [0.15, 0.2) is 0 Å². The van der Waals surface area contributed by atoms with Gasteiger partial charge in [0, 0.05) is 12.0 Å². The van der Waals surface area contributed by atoms with Crippen LogP contribution in [0.3, 0.4) is 0 Å². The van der Waals surface area contributed by atoms with Crippen molar-refractivity contribution in [1.82, 2.24) is 5.43 Å². The van der Waals surface area contributed by atoms with Crippen molar-refractivity contribution in [2.24, 2.45) is 5.84 Å². The van der Waals surface area contributed by atoms with Crippen LogP contribution < -0.4 is 11.3 Å². The van der Waals surface area contributed by atoms with Crippen LogP contribution in [-0.4, -0.2) is 26.2 Å². The van der Waals surface area contributed by atoms with Gasteiger partial charge in [-0.1, -0.05) is 0 Å². The quantitative estimate of drug-likeness (QED) is 0.323. The molecule has 0 unspecified atom stereocenters. The van der Waals surface area contributed by atoms with Gasteiger partial charge in [-0.05, 0) is 12.1 Å². The standard InChI is InChI=1S/C9H14N2O3S/c1-13-4-5-14-6-7-2-3-8(15-7)9(12)11-10/h2-3H,4-6,10H2,1H3,(H,11,12). The largest absolute Gasteiger partial charge is 0.382 e. The van der Waals surface area contributed by atoms with E-state index in [4.69, 9.17) is 15.3 Å². The number of hydrogen-bond acceptors (Lipinski definition) is 5. The van der Waals surface area contributed by atoms with Gasteiger partial charge in [-0.15, -0.1) is 11.3 Å². The summed E-state index contributed by atoms with van der Waals surface area (Å²) in [4.78, 5) is 12.7. The van der Waals surface area contributed by atoms with Crippen LogP contribution in [0.15, 0.2) is 12.1 Å². The topological polar surface area (TPSA) is 73.6 Å². The number of nitrogen functional groups attached to an aromatic ring is 1. The zero-order chi connectivity index (χ0) is 11.1. The molecule has 1 rings (SSSR count). The van der Waals surface area contributed by atoms with Gasteiger partial charge in [-0.3, -0.25) is 10.2 Å². The van der Waals surface area contributed by atoms with E-state index in [0.717, 1.165) is 4.88 Å². The number of ether oxygens (including phenoxy) is 2. The van der Waals surface area contributed by atoms with Gasteiger partial charge in [0.1, 0.15) is 0 Å². The molecule has 0 saturated carbocycles. The summed E-state index contributed by atoms with van der Waals surface area (Å²) in [5.74, 6) is 4.74. The highest BCUT2D eigenvalue weighted by Gasteiger charge is 2.06. The summed E-state index contributed by atoms with van der Waals surface area (Å²) in [7, 11) is 1.62. The Morgan fingerprint density at radius 3 is 3.00 bits per heavy atom. The lowest BCUT2D eigenvalue weighted by atomic mass is 10.4. The van der Waals surface area contributed by atoms with Gasteiger partial charge in [0.05, 0.1) is 24.7 Å². The predicted molar refractivity (Wildman–Crippen MR) is 57.5 cm³/mol. The maximum absolute atomic E-state index is 11.1. The average Bonchev–Trinajstić information content (AvgIpc) is 2.72. The predicted octanol–water partition coefficient (Wildman–Crippen LogP) is 0.515. The van der Waals surface area contributed by atoms with Crippen LogP contribution in [0.5, 0.6) is 0 Å². The molecular weight excluding hydrogens is 216 g/mol. The van der Waals surface area contributed by atoms with Crippen molar-refractivity contribution in [2.45, 2.75) is 6.61 Å². The van der Waals surface area contributed by atoms with Gasteiger partial charge in [-0.25, -0.2) is 5.84 Å². The minimum atomic E-state index is -0.275. The van der Waals surface area contributed by atoms with E-state index >= 15 is 0 Å². The molecule has 0 bridgehead atoms. The van der Waals surface area contributed by atoms with Crippen molar-refractivity contribution < 1.29 is 14.3 Å². The lowest BCUT2D eigenvalue weighted by Crippen LogP contribution is -2.29. The van der Waals surface area contributed by atoms with Gasteiger partial charge in [0.25, 0.3) is 5.91 Å². The first-order valence-corrected chi connectivity index (χ1v) is 5.26. The van der Waals surface area contributed by atoms with Crippen LogP contribution in [-0.2, 0) is 16.1 Å². The Morgan fingerprint density at radius 2 is 2.33 bits per heavy atom. The zero-order valence-electron chi connectivity index (χ0n) is 8.49. The molecule has 6 heteroatoms. The number of amides is 1. The highest BCUT2D eigenvalue weighted by atomic mass is 32.1. The molecule has 15 heavy (non-hydrogen) atoms.